The lowest BCUT2D eigenvalue weighted by atomic mass is 10.3. The molecule has 2 aromatic rings. The molecule has 2 rings (SSSR count). The maximum atomic E-state index is 12.2. The molecule has 0 aliphatic rings. The molecule has 0 aliphatic heterocycles. The van der Waals surface area contributed by atoms with Crippen molar-refractivity contribution in [1.82, 2.24) is 0 Å². The Morgan fingerprint density at radius 1 is 0.960 bits per heavy atom. The average Bonchev–Trinajstić information content (AvgIpc) is 2.54. The number of primary sulfonamides is 1. The van der Waals surface area contributed by atoms with Crippen molar-refractivity contribution in [2.45, 2.75) is 9.79 Å². The molecule has 0 aromatic heterocycles. The van der Waals surface area contributed by atoms with Gasteiger partial charge in [0.25, 0.3) is 0 Å². The standard InChI is InChI=1S/C15H16N2O6S2/c1-23-12-4-8-13(9-5-12)24(19,20)10-15(18)17-11-2-6-14(7-3-11)25(16,21)22/h2-9H,10H2,1H3,(H,17,18)(H2,16,21,22). The van der Waals surface area contributed by atoms with Crippen molar-refractivity contribution in [3.63, 3.8) is 0 Å². The fraction of sp³-hybridized carbons (Fsp3) is 0.133. The summed E-state index contributed by atoms with van der Waals surface area (Å²) in [5.41, 5.74) is 0.252. The van der Waals surface area contributed by atoms with Gasteiger partial charge in [-0.15, -0.1) is 0 Å². The van der Waals surface area contributed by atoms with E-state index in [0.29, 0.717) is 5.75 Å². The Balaban J connectivity index is 2.08. The van der Waals surface area contributed by atoms with E-state index in [2.05, 4.69) is 5.32 Å². The van der Waals surface area contributed by atoms with E-state index >= 15 is 0 Å². The molecule has 10 heteroatoms. The summed E-state index contributed by atoms with van der Waals surface area (Å²) in [5, 5.41) is 7.36. The number of sulfonamides is 1. The maximum Gasteiger partial charge on any atom is 0.239 e. The summed E-state index contributed by atoms with van der Waals surface area (Å²) in [4.78, 5) is 11.8. The van der Waals surface area contributed by atoms with Crippen LogP contribution in [0.5, 0.6) is 5.75 Å². The Bertz CT molecular complexity index is 966. The summed E-state index contributed by atoms with van der Waals surface area (Å²) < 4.78 is 51.7. The number of amides is 1. The number of nitrogens with one attached hydrogen (secondary N) is 1. The first kappa shape index (κ1) is 18.9. The first-order valence-electron chi connectivity index (χ1n) is 6.91. The second-order valence-electron chi connectivity index (χ2n) is 5.05. The van der Waals surface area contributed by atoms with Gasteiger partial charge in [0, 0.05) is 5.69 Å². The highest BCUT2D eigenvalue weighted by molar-refractivity contribution is 7.92. The lowest BCUT2D eigenvalue weighted by Crippen LogP contribution is -2.23. The van der Waals surface area contributed by atoms with E-state index in [9.17, 15) is 21.6 Å². The molecule has 0 heterocycles. The zero-order valence-electron chi connectivity index (χ0n) is 13.2. The monoisotopic (exact) mass is 384 g/mol. The minimum atomic E-state index is -3.84. The third-order valence-electron chi connectivity index (χ3n) is 3.21. The van der Waals surface area contributed by atoms with Gasteiger partial charge < -0.3 is 10.1 Å². The van der Waals surface area contributed by atoms with Crippen LogP contribution in [0.2, 0.25) is 0 Å². The normalized spacial score (nSPS) is 11.8. The van der Waals surface area contributed by atoms with Crippen molar-refractivity contribution in [3.8, 4) is 5.75 Å². The molecule has 25 heavy (non-hydrogen) atoms. The van der Waals surface area contributed by atoms with Gasteiger partial charge in [0.1, 0.15) is 11.5 Å². The van der Waals surface area contributed by atoms with Crippen LogP contribution in [-0.2, 0) is 24.7 Å². The van der Waals surface area contributed by atoms with Crippen LogP contribution in [0.4, 0.5) is 5.69 Å². The number of anilines is 1. The summed E-state index contributed by atoms with van der Waals surface area (Å²) in [5.74, 6) is -1.01. The predicted molar refractivity (Wildman–Crippen MR) is 91.5 cm³/mol. The molecule has 0 aliphatic carbocycles. The number of ether oxygens (including phenoxy) is 1. The number of hydrogen-bond acceptors (Lipinski definition) is 6. The molecule has 0 spiro atoms. The van der Waals surface area contributed by atoms with Gasteiger partial charge in [-0.1, -0.05) is 0 Å². The van der Waals surface area contributed by atoms with Gasteiger partial charge in [0.15, 0.2) is 9.84 Å². The largest absolute Gasteiger partial charge is 0.497 e. The summed E-state index contributed by atoms with van der Waals surface area (Å²) in [6, 6.07) is 10.7. The highest BCUT2D eigenvalue weighted by Gasteiger charge is 2.19. The van der Waals surface area contributed by atoms with E-state index < -0.39 is 31.5 Å². The van der Waals surface area contributed by atoms with Gasteiger partial charge in [-0.3, -0.25) is 4.79 Å². The third-order valence-corrected chi connectivity index (χ3v) is 5.77. The number of hydrogen-bond donors (Lipinski definition) is 2. The van der Waals surface area contributed by atoms with Crippen molar-refractivity contribution < 1.29 is 26.4 Å². The predicted octanol–water partition coefficient (Wildman–Crippen LogP) is 0.755. The molecular weight excluding hydrogens is 368 g/mol. The van der Waals surface area contributed by atoms with Crippen molar-refractivity contribution in [2.75, 3.05) is 18.2 Å². The second kappa shape index (κ2) is 7.21. The highest BCUT2D eigenvalue weighted by Crippen LogP contribution is 2.17. The van der Waals surface area contributed by atoms with Crippen molar-refractivity contribution in [2.24, 2.45) is 5.14 Å². The first-order valence-corrected chi connectivity index (χ1v) is 10.1. The number of rotatable bonds is 6. The molecular formula is C15H16N2O6S2. The van der Waals surface area contributed by atoms with Crippen molar-refractivity contribution in [1.29, 1.82) is 0 Å². The Morgan fingerprint density at radius 3 is 1.96 bits per heavy atom. The summed E-state index contributed by atoms with van der Waals surface area (Å²) in [6.07, 6.45) is 0. The van der Waals surface area contributed by atoms with Gasteiger partial charge in [0.05, 0.1) is 16.9 Å². The summed E-state index contributed by atoms with van der Waals surface area (Å²) in [6.45, 7) is 0. The SMILES string of the molecule is COc1ccc(S(=O)(=O)CC(=O)Nc2ccc(S(N)(=O)=O)cc2)cc1. The Hall–Kier alpha value is -2.43. The molecule has 0 radical (unpaired) electrons. The fourth-order valence-electron chi connectivity index (χ4n) is 1.96. The maximum absolute atomic E-state index is 12.2. The molecule has 1 amide bonds. The zero-order valence-corrected chi connectivity index (χ0v) is 14.8. The smallest absolute Gasteiger partial charge is 0.239 e. The van der Waals surface area contributed by atoms with E-state index in [1.54, 1.807) is 0 Å². The quantitative estimate of drug-likeness (QED) is 0.755. The number of carbonyl (C=O) groups is 1. The number of nitrogens with two attached hydrogens (primary N) is 1. The van der Waals surface area contributed by atoms with Gasteiger partial charge >= 0.3 is 0 Å². The van der Waals surface area contributed by atoms with E-state index in [1.807, 2.05) is 0 Å². The molecule has 8 nitrogen and oxygen atoms in total. The number of methoxy groups -OCH3 is 1. The van der Waals surface area contributed by atoms with E-state index in [1.165, 1.54) is 55.6 Å². The number of sulfone groups is 1. The van der Waals surface area contributed by atoms with Crippen LogP contribution >= 0.6 is 0 Å². The van der Waals surface area contributed by atoms with Crippen LogP contribution in [0.3, 0.4) is 0 Å². The Kier molecular flexibility index (Phi) is 5.45. The molecule has 134 valence electrons. The summed E-state index contributed by atoms with van der Waals surface area (Å²) >= 11 is 0. The molecule has 2 aromatic carbocycles. The lowest BCUT2D eigenvalue weighted by molar-refractivity contribution is -0.113. The topological polar surface area (TPSA) is 133 Å². The van der Waals surface area contributed by atoms with Gasteiger partial charge in [-0.05, 0) is 48.5 Å². The van der Waals surface area contributed by atoms with E-state index in [-0.39, 0.29) is 15.5 Å². The zero-order chi connectivity index (χ0) is 18.7. The molecule has 0 saturated carbocycles. The average molecular weight is 384 g/mol. The van der Waals surface area contributed by atoms with E-state index in [0.717, 1.165) is 0 Å². The van der Waals surface area contributed by atoms with Crippen LogP contribution < -0.4 is 15.2 Å². The Morgan fingerprint density at radius 2 is 1.48 bits per heavy atom. The highest BCUT2D eigenvalue weighted by atomic mass is 32.2. The first-order chi connectivity index (χ1) is 11.6. The number of benzene rings is 2. The Labute approximate surface area is 145 Å². The second-order valence-corrected chi connectivity index (χ2v) is 8.60. The lowest BCUT2D eigenvalue weighted by Gasteiger charge is -2.08. The molecule has 0 saturated heterocycles. The van der Waals surface area contributed by atoms with Crippen LogP contribution in [-0.4, -0.2) is 35.6 Å². The minimum Gasteiger partial charge on any atom is -0.497 e. The molecule has 3 N–H and O–H groups in total. The van der Waals surface area contributed by atoms with Gasteiger partial charge in [-0.2, -0.15) is 0 Å². The van der Waals surface area contributed by atoms with Crippen LogP contribution in [0.1, 0.15) is 0 Å². The molecule has 0 bridgehead atoms. The van der Waals surface area contributed by atoms with Gasteiger partial charge in [0.2, 0.25) is 15.9 Å². The van der Waals surface area contributed by atoms with Gasteiger partial charge in [-0.25, -0.2) is 22.0 Å². The van der Waals surface area contributed by atoms with Crippen LogP contribution in [0.25, 0.3) is 0 Å². The molecule has 0 fully saturated rings. The number of carbonyl (C=O) groups excluding carboxylic acids is 1. The summed E-state index contributed by atoms with van der Waals surface area (Å²) in [7, 11) is -6.20. The van der Waals surface area contributed by atoms with E-state index in [4.69, 9.17) is 9.88 Å². The fourth-order valence-corrected chi connectivity index (χ4v) is 3.61. The van der Waals surface area contributed by atoms with Crippen molar-refractivity contribution in [3.05, 3.63) is 48.5 Å². The molecule has 0 unspecified atom stereocenters. The molecule has 0 atom stereocenters. The van der Waals surface area contributed by atoms with Crippen molar-refractivity contribution >= 4 is 31.5 Å². The third kappa shape index (κ3) is 5.02. The minimum absolute atomic E-state index is 0.00646. The van der Waals surface area contributed by atoms with Crippen LogP contribution in [0.15, 0.2) is 58.3 Å². The van der Waals surface area contributed by atoms with Crippen LogP contribution in [0, 0.1) is 0 Å².